The lowest BCUT2D eigenvalue weighted by Gasteiger charge is -2.38. The van der Waals surface area contributed by atoms with Crippen molar-refractivity contribution in [1.82, 2.24) is 0 Å². The van der Waals surface area contributed by atoms with E-state index in [1.807, 2.05) is 31.2 Å². The molecule has 1 aromatic carbocycles. The average Bonchev–Trinajstić information content (AvgIpc) is 2.30. The molecule has 1 aromatic rings. The molecule has 1 aliphatic rings. The molecule has 88 valence electrons. The van der Waals surface area contributed by atoms with E-state index in [1.165, 1.54) is 6.42 Å². The summed E-state index contributed by atoms with van der Waals surface area (Å²) in [5.41, 5.74) is 8.06. The maximum atomic E-state index is 10.5. The van der Waals surface area contributed by atoms with Gasteiger partial charge in [0.1, 0.15) is 0 Å². The minimum atomic E-state index is -0.519. The summed E-state index contributed by atoms with van der Waals surface area (Å²) in [7, 11) is 0. The van der Waals surface area contributed by atoms with Crippen LogP contribution in [0, 0.1) is 6.92 Å². The van der Waals surface area contributed by atoms with Gasteiger partial charge in [0.05, 0.1) is 6.10 Å². The van der Waals surface area contributed by atoms with Crippen LogP contribution in [-0.4, -0.2) is 10.6 Å². The lowest BCUT2D eigenvalue weighted by Crippen LogP contribution is -2.47. The van der Waals surface area contributed by atoms with Crippen LogP contribution < -0.4 is 5.73 Å². The normalized spacial score (nSPS) is 21.7. The summed E-state index contributed by atoms with van der Waals surface area (Å²) in [5, 5.41) is 10.5. The summed E-state index contributed by atoms with van der Waals surface area (Å²) in [6.45, 7) is 2.03. The molecule has 2 nitrogen and oxygen atoms in total. The summed E-state index contributed by atoms with van der Waals surface area (Å²) in [5.74, 6) is 0. The van der Waals surface area contributed by atoms with E-state index in [2.05, 4.69) is 0 Å². The second kappa shape index (κ2) is 4.56. The molecule has 0 radical (unpaired) electrons. The number of hydrogen-bond acceptors (Lipinski definition) is 2. The second-order valence-corrected chi connectivity index (χ2v) is 5.05. The largest absolute Gasteiger partial charge is 0.386 e. The number of aliphatic hydroxyl groups is 1. The molecule has 0 aromatic heterocycles. The molecule has 3 N–H and O–H groups in total. The molecular formula is C14H21NO. The molecule has 2 rings (SSSR count). The third kappa shape index (κ3) is 2.13. The summed E-state index contributed by atoms with van der Waals surface area (Å²) in [4.78, 5) is 0. The predicted molar refractivity (Wildman–Crippen MR) is 66.1 cm³/mol. The van der Waals surface area contributed by atoms with Crippen molar-refractivity contribution in [3.63, 3.8) is 0 Å². The standard InChI is InChI=1S/C14H21NO/c1-11-7-3-4-8-12(11)13(16)14(15)9-5-2-6-10-14/h3-4,7-8,13,16H,2,5-6,9-10,15H2,1H3. The van der Waals surface area contributed by atoms with E-state index in [9.17, 15) is 5.11 Å². The van der Waals surface area contributed by atoms with Crippen LogP contribution in [0.15, 0.2) is 24.3 Å². The van der Waals surface area contributed by atoms with Crippen LogP contribution in [0.4, 0.5) is 0 Å². The van der Waals surface area contributed by atoms with Gasteiger partial charge in [-0.25, -0.2) is 0 Å². The Kier molecular flexibility index (Phi) is 3.31. The van der Waals surface area contributed by atoms with E-state index >= 15 is 0 Å². The van der Waals surface area contributed by atoms with Crippen molar-refractivity contribution in [3.8, 4) is 0 Å². The fourth-order valence-corrected chi connectivity index (χ4v) is 2.69. The predicted octanol–water partition coefficient (Wildman–Crippen LogP) is 2.69. The zero-order valence-electron chi connectivity index (χ0n) is 9.95. The number of benzene rings is 1. The number of aryl methyl sites for hydroxylation is 1. The molecule has 0 amide bonds. The SMILES string of the molecule is Cc1ccccc1C(O)C1(N)CCCCC1. The molecule has 1 saturated carbocycles. The molecule has 0 spiro atoms. The second-order valence-electron chi connectivity index (χ2n) is 5.05. The van der Waals surface area contributed by atoms with Crippen molar-refractivity contribution < 1.29 is 5.11 Å². The van der Waals surface area contributed by atoms with Crippen molar-refractivity contribution in [2.24, 2.45) is 5.73 Å². The topological polar surface area (TPSA) is 46.2 Å². The van der Waals surface area contributed by atoms with Gasteiger partial charge < -0.3 is 10.8 Å². The van der Waals surface area contributed by atoms with Crippen molar-refractivity contribution in [3.05, 3.63) is 35.4 Å². The van der Waals surface area contributed by atoms with E-state index in [-0.39, 0.29) is 0 Å². The van der Waals surface area contributed by atoms with Crippen molar-refractivity contribution in [1.29, 1.82) is 0 Å². The first-order valence-corrected chi connectivity index (χ1v) is 6.16. The van der Waals surface area contributed by atoms with E-state index < -0.39 is 11.6 Å². The fraction of sp³-hybridized carbons (Fsp3) is 0.571. The minimum Gasteiger partial charge on any atom is -0.386 e. The summed E-state index contributed by atoms with van der Waals surface area (Å²) < 4.78 is 0. The van der Waals surface area contributed by atoms with E-state index in [4.69, 9.17) is 5.73 Å². The Morgan fingerprint density at radius 2 is 1.81 bits per heavy atom. The molecule has 0 heterocycles. The highest BCUT2D eigenvalue weighted by Crippen LogP contribution is 2.37. The Morgan fingerprint density at radius 3 is 2.44 bits per heavy atom. The lowest BCUT2D eigenvalue weighted by atomic mass is 9.75. The minimum absolute atomic E-state index is 0.412. The van der Waals surface area contributed by atoms with Gasteiger partial charge in [0, 0.05) is 5.54 Å². The van der Waals surface area contributed by atoms with Crippen LogP contribution in [-0.2, 0) is 0 Å². The zero-order valence-corrected chi connectivity index (χ0v) is 9.95. The van der Waals surface area contributed by atoms with Crippen molar-refractivity contribution >= 4 is 0 Å². The Hall–Kier alpha value is -0.860. The average molecular weight is 219 g/mol. The maximum absolute atomic E-state index is 10.5. The van der Waals surface area contributed by atoms with Gasteiger partial charge in [-0.15, -0.1) is 0 Å². The molecule has 1 fully saturated rings. The number of rotatable bonds is 2. The zero-order chi connectivity index (χ0) is 11.6. The maximum Gasteiger partial charge on any atom is 0.0971 e. The van der Waals surface area contributed by atoms with Crippen molar-refractivity contribution in [2.75, 3.05) is 0 Å². The van der Waals surface area contributed by atoms with E-state index in [1.54, 1.807) is 0 Å². The molecular weight excluding hydrogens is 198 g/mol. The summed E-state index contributed by atoms with van der Waals surface area (Å²) >= 11 is 0. The smallest absolute Gasteiger partial charge is 0.0971 e. The van der Waals surface area contributed by atoms with Gasteiger partial charge >= 0.3 is 0 Å². The third-order valence-electron chi connectivity index (χ3n) is 3.81. The Labute approximate surface area is 97.5 Å². The van der Waals surface area contributed by atoms with Crippen LogP contribution in [0.2, 0.25) is 0 Å². The first kappa shape index (κ1) is 11.6. The molecule has 1 aliphatic carbocycles. The Morgan fingerprint density at radius 1 is 1.19 bits per heavy atom. The summed E-state index contributed by atoms with van der Waals surface area (Å²) in [6.07, 6.45) is 4.87. The Balaban J connectivity index is 2.24. The van der Waals surface area contributed by atoms with Gasteiger partial charge in [-0.3, -0.25) is 0 Å². The highest BCUT2D eigenvalue weighted by Gasteiger charge is 2.36. The van der Waals surface area contributed by atoms with Crippen LogP contribution in [0.25, 0.3) is 0 Å². The van der Waals surface area contributed by atoms with Gasteiger partial charge in [-0.1, -0.05) is 43.5 Å². The number of hydrogen-bond donors (Lipinski definition) is 2. The van der Waals surface area contributed by atoms with Gasteiger partial charge in [0.15, 0.2) is 0 Å². The molecule has 2 heteroatoms. The van der Waals surface area contributed by atoms with Gasteiger partial charge in [0.2, 0.25) is 0 Å². The lowest BCUT2D eigenvalue weighted by molar-refractivity contribution is 0.0582. The van der Waals surface area contributed by atoms with Gasteiger partial charge in [0.25, 0.3) is 0 Å². The highest BCUT2D eigenvalue weighted by atomic mass is 16.3. The molecule has 0 aliphatic heterocycles. The quantitative estimate of drug-likeness (QED) is 0.803. The van der Waals surface area contributed by atoms with Crippen LogP contribution in [0.3, 0.4) is 0 Å². The molecule has 0 saturated heterocycles. The summed E-state index contributed by atoms with van der Waals surface area (Å²) in [6, 6.07) is 7.99. The number of aliphatic hydroxyl groups excluding tert-OH is 1. The van der Waals surface area contributed by atoms with E-state index in [0.717, 1.165) is 36.8 Å². The van der Waals surface area contributed by atoms with Crippen LogP contribution in [0.1, 0.15) is 49.3 Å². The highest BCUT2D eigenvalue weighted by molar-refractivity contribution is 5.30. The molecule has 16 heavy (non-hydrogen) atoms. The first-order valence-electron chi connectivity index (χ1n) is 6.16. The monoisotopic (exact) mass is 219 g/mol. The Bertz CT molecular complexity index is 356. The first-order chi connectivity index (χ1) is 7.63. The van der Waals surface area contributed by atoms with Gasteiger partial charge in [-0.05, 0) is 30.9 Å². The molecule has 0 bridgehead atoms. The van der Waals surface area contributed by atoms with Crippen molar-refractivity contribution in [2.45, 2.75) is 50.7 Å². The number of nitrogens with two attached hydrogens (primary N) is 1. The van der Waals surface area contributed by atoms with Crippen LogP contribution >= 0.6 is 0 Å². The van der Waals surface area contributed by atoms with Crippen LogP contribution in [0.5, 0.6) is 0 Å². The third-order valence-corrected chi connectivity index (χ3v) is 3.81. The molecule has 1 unspecified atom stereocenters. The van der Waals surface area contributed by atoms with E-state index in [0.29, 0.717) is 0 Å². The van der Waals surface area contributed by atoms with Gasteiger partial charge in [-0.2, -0.15) is 0 Å². The fourth-order valence-electron chi connectivity index (χ4n) is 2.69. The molecule has 1 atom stereocenters.